The van der Waals surface area contributed by atoms with Crippen LogP contribution < -0.4 is 19.5 Å². The molecule has 1 fully saturated rings. The van der Waals surface area contributed by atoms with Gasteiger partial charge >= 0.3 is 0 Å². The van der Waals surface area contributed by atoms with Crippen LogP contribution in [0.5, 0.6) is 17.2 Å². The van der Waals surface area contributed by atoms with Crippen molar-refractivity contribution in [3.8, 4) is 17.2 Å². The normalized spacial score (nSPS) is 14.0. The van der Waals surface area contributed by atoms with Gasteiger partial charge in [0.15, 0.2) is 11.5 Å². The molecule has 0 aliphatic heterocycles. The van der Waals surface area contributed by atoms with Gasteiger partial charge in [0.2, 0.25) is 0 Å². The lowest BCUT2D eigenvalue weighted by Crippen LogP contribution is -2.28. The van der Waals surface area contributed by atoms with E-state index in [0.29, 0.717) is 30.2 Å². The standard InChI is InChI=1S/C22H27NO4/c1-16-7-10-18(11-8-16)26-14-13-23-22(24)17-9-12-20(21(15-17)25-2)27-19-5-3-4-6-19/h7-12,15,19H,3-6,13-14H2,1-2H3,(H,23,24). The summed E-state index contributed by atoms with van der Waals surface area (Å²) in [6, 6.07) is 13.1. The van der Waals surface area contributed by atoms with E-state index in [4.69, 9.17) is 14.2 Å². The number of ether oxygens (including phenoxy) is 3. The first-order chi connectivity index (χ1) is 13.2. The maximum Gasteiger partial charge on any atom is 0.251 e. The van der Waals surface area contributed by atoms with Crippen LogP contribution in [-0.2, 0) is 0 Å². The first-order valence-electron chi connectivity index (χ1n) is 9.48. The third-order valence-corrected chi connectivity index (χ3v) is 4.70. The zero-order valence-electron chi connectivity index (χ0n) is 16.0. The zero-order valence-corrected chi connectivity index (χ0v) is 16.0. The van der Waals surface area contributed by atoms with Crippen LogP contribution in [-0.4, -0.2) is 32.3 Å². The molecule has 0 spiro atoms. The Morgan fingerprint density at radius 1 is 1.07 bits per heavy atom. The Labute approximate surface area is 160 Å². The largest absolute Gasteiger partial charge is 0.493 e. The highest BCUT2D eigenvalue weighted by Gasteiger charge is 2.19. The molecule has 5 heteroatoms. The topological polar surface area (TPSA) is 56.8 Å². The second kappa shape index (κ2) is 9.31. The van der Waals surface area contributed by atoms with Crippen molar-refractivity contribution in [3.05, 3.63) is 53.6 Å². The van der Waals surface area contributed by atoms with Crippen LogP contribution >= 0.6 is 0 Å². The van der Waals surface area contributed by atoms with Crippen LogP contribution in [0.15, 0.2) is 42.5 Å². The summed E-state index contributed by atoms with van der Waals surface area (Å²) in [6.45, 7) is 2.87. The number of carbonyl (C=O) groups excluding carboxylic acids is 1. The predicted molar refractivity (Wildman–Crippen MR) is 105 cm³/mol. The SMILES string of the molecule is COc1cc(C(=O)NCCOc2ccc(C)cc2)ccc1OC1CCCC1. The van der Waals surface area contributed by atoms with Gasteiger partial charge in [0, 0.05) is 5.56 Å². The number of rotatable bonds is 8. The van der Waals surface area contributed by atoms with Crippen molar-refractivity contribution in [1.29, 1.82) is 0 Å². The summed E-state index contributed by atoms with van der Waals surface area (Å²) < 4.78 is 17.0. The molecule has 1 amide bonds. The fourth-order valence-corrected chi connectivity index (χ4v) is 3.16. The zero-order chi connectivity index (χ0) is 19.1. The number of aryl methyl sites for hydroxylation is 1. The smallest absolute Gasteiger partial charge is 0.251 e. The maximum atomic E-state index is 12.4. The average molecular weight is 369 g/mol. The van der Waals surface area contributed by atoms with Crippen LogP contribution in [0.25, 0.3) is 0 Å². The molecule has 1 aliphatic carbocycles. The van der Waals surface area contributed by atoms with Crippen molar-refractivity contribution < 1.29 is 19.0 Å². The van der Waals surface area contributed by atoms with Gasteiger partial charge in [0.05, 0.1) is 19.8 Å². The van der Waals surface area contributed by atoms with Gasteiger partial charge in [0.25, 0.3) is 5.91 Å². The molecule has 0 radical (unpaired) electrons. The minimum atomic E-state index is -0.159. The molecule has 0 heterocycles. The molecule has 1 N–H and O–H groups in total. The lowest BCUT2D eigenvalue weighted by molar-refractivity contribution is 0.0946. The van der Waals surface area contributed by atoms with Crippen molar-refractivity contribution in [2.45, 2.75) is 38.7 Å². The number of amides is 1. The fourth-order valence-electron chi connectivity index (χ4n) is 3.16. The molecule has 0 saturated heterocycles. The molecular weight excluding hydrogens is 342 g/mol. The van der Waals surface area contributed by atoms with E-state index in [9.17, 15) is 4.79 Å². The monoisotopic (exact) mass is 369 g/mol. The second-order valence-electron chi connectivity index (χ2n) is 6.81. The quantitative estimate of drug-likeness (QED) is 0.711. The van der Waals surface area contributed by atoms with Crippen LogP contribution in [0.1, 0.15) is 41.6 Å². The first kappa shape index (κ1) is 19.1. The van der Waals surface area contributed by atoms with Gasteiger partial charge in [-0.1, -0.05) is 17.7 Å². The van der Waals surface area contributed by atoms with Crippen molar-refractivity contribution >= 4 is 5.91 Å². The number of hydrogen-bond acceptors (Lipinski definition) is 4. The summed E-state index contributed by atoms with van der Waals surface area (Å²) >= 11 is 0. The average Bonchev–Trinajstić information content (AvgIpc) is 3.20. The molecule has 0 atom stereocenters. The molecule has 5 nitrogen and oxygen atoms in total. The molecule has 2 aromatic rings. The summed E-state index contributed by atoms with van der Waals surface area (Å²) in [4.78, 5) is 12.4. The summed E-state index contributed by atoms with van der Waals surface area (Å²) in [5.74, 6) is 1.92. The maximum absolute atomic E-state index is 12.4. The Hall–Kier alpha value is -2.69. The third-order valence-electron chi connectivity index (χ3n) is 4.70. The van der Waals surface area contributed by atoms with E-state index in [2.05, 4.69) is 5.32 Å². The van der Waals surface area contributed by atoms with Crippen LogP contribution in [0.3, 0.4) is 0 Å². The Bertz CT molecular complexity index is 751. The van der Waals surface area contributed by atoms with E-state index in [1.165, 1.54) is 18.4 Å². The molecule has 27 heavy (non-hydrogen) atoms. The van der Waals surface area contributed by atoms with Gasteiger partial charge in [-0.3, -0.25) is 4.79 Å². The minimum Gasteiger partial charge on any atom is -0.493 e. The van der Waals surface area contributed by atoms with E-state index in [1.807, 2.05) is 37.3 Å². The van der Waals surface area contributed by atoms with Gasteiger partial charge in [-0.25, -0.2) is 0 Å². The van der Waals surface area contributed by atoms with Gasteiger partial charge in [-0.05, 0) is 62.9 Å². The van der Waals surface area contributed by atoms with Crippen molar-refractivity contribution in [2.75, 3.05) is 20.3 Å². The Kier molecular flexibility index (Phi) is 6.58. The highest BCUT2D eigenvalue weighted by Crippen LogP contribution is 2.32. The molecule has 2 aromatic carbocycles. The summed E-state index contributed by atoms with van der Waals surface area (Å²) in [5.41, 5.74) is 1.73. The lowest BCUT2D eigenvalue weighted by atomic mass is 10.2. The first-order valence-corrected chi connectivity index (χ1v) is 9.48. The minimum absolute atomic E-state index is 0.159. The Morgan fingerprint density at radius 2 is 1.81 bits per heavy atom. The molecule has 1 aliphatic rings. The Morgan fingerprint density at radius 3 is 2.52 bits per heavy atom. The molecule has 1 saturated carbocycles. The van der Waals surface area contributed by atoms with Gasteiger partial charge in [-0.15, -0.1) is 0 Å². The van der Waals surface area contributed by atoms with Crippen molar-refractivity contribution in [1.82, 2.24) is 5.32 Å². The van der Waals surface area contributed by atoms with Gasteiger partial charge in [0.1, 0.15) is 12.4 Å². The summed E-state index contributed by atoms with van der Waals surface area (Å²) in [7, 11) is 1.59. The number of methoxy groups -OCH3 is 1. The highest BCUT2D eigenvalue weighted by molar-refractivity contribution is 5.94. The number of carbonyl (C=O) groups is 1. The summed E-state index contributed by atoms with van der Waals surface area (Å²) in [6.07, 6.45) is 4.81. The molecule has 3 rings (SSSR count). The molecule has 0 aromatic heterocycles. The fraction of sp³-hybridized carbons (Fsp3) is 0.409. The highest BCUT2D eigenvalue weighted by atomic mass is 16.5. The van der Waals surface area contributed by atoms with E-state index in [0.717, 1.165) is 18.6 Å². The summed E-state index contributed by atoms with van der Waals surface area (Å²) in [5, 5.41) is 2.86. The van der Waals surface area contributed by atoms with E-state index >= 15 is 0 Å². The van der Waals surface area contributed by atoms with Crippen molar-refractivity contribution in [3.63, 3.8) is 0 Å². The van der Waals surface area contributed by atoms with E-state index in [1.54, 1.807) is 19.2 Å². The second-order valence-corrected chi connectivity index (χ2v) is 6.81. The predicted octanol–water partition coefficient (Wildman–Crippen LogP) is 4.13. The van der Waals surface area contributed by atoms with Crippen LogP contribution in [0.2, 0.25) is 0 Å². The van der Waals surface area contributed by atoms with Gasteiger partial charge < -0.3 is 19.5 Å². The van der Waals surface area contributed by atoms with E-state index < -0.39 is 0 Å². The van der Waals surface area contributed by atoms with Gasteiger partial charge in [-0.2, -0.15) is 0 Å². The number of benzene rings is 2. The number of hydrogen-bond donors (Lipinski definition) is 1. The number of nitrogens with one attached hydrogen (secondary N) is 1. The lowest BCUT2D eigenvalue weighted by Gasteiger charge is -2.16. The van der Waals surface area contributed by atoms with E-state index in [-0.39, 0.29) is 12.0 Å². The van der Waals surface area contributed by atoms with Crippen molar-refractivity contribution in [2.24, 2.45) is 0 Å². The molecule has 0 bridgehead atoms. The Balaban J connectivity index is 1.50. The molecular formula is C22H27NO4. The third kappa shape index (κ3) is 5.39. The van der Waals surface area contributed by atoms with Crippen LogP contribution in [0, 0.1) is 6.92 Å². The molecule has 144 valence electrons. The van der Waals surface area contributed by atoms with Crippen LogP contribution in [0.4, 0.5) is 0 Å². The molecule has 0 unspecified atom stereocenters.